The Hall–Kier alpha value is -2.86. The molecule has 0 aliphatic carbocycles. The summed E-state index contributed by atoms with van der Waals surface area (Å²) >= 11 is 0. The fraction of sp³-hybridized carbons (Fsp3) is 0.632. The molecule has 2 aromatic rings. The van der Waals surface area contributed by atoms with Gasteiger partial charge in [0.1, 0.15) is 17.3 Å². The molecule has 6 nitrogen and oxygen atoms in total. The minimum absolute atomic E-state index is 0.105. The van der Waals surface area contributed by atoms with E-state index in [2.05, 4.69) is 83.1 Å². The quantitative estimate of drug-likeness (QED) is 0.185. The monoisotopic (exact) mass is 610 g/mol. The molecule has 0 fully saturated rings. The molecule has 0 atom stereocenters. The summed E-state index contributed by atoms with van der Waals surface area (Å²) in [6, 6.07) is 8.06. The lowest BCUT2D eigenvalue weighted by molar-refractivity contribution is -0.144. The van der Waals surface area contributed by atoms with Crippen molar-refractivity contribution in [2.24, 2.45) is 0 Å². The van der Waals surface area contributed by atoms with Gasteiger partial charge in [0.2, 0.25) is 0 Å². The number of aryl methyl sites for hydroxylation is 1. The largest absolute Gasteiger partial charge is 0.507 e. The van der Waals surface area contributed by atoms with Crippen LogP contribution in [0.1, 0.15) is 136 Å². The predicted molar refractivity (Wildman–Crippen MR) is 179 cm³/mol. The van der Waals surface area contributed by atoms with Crippen molar-refractivity contribution in [3.63, 3.8) is 0 Å². The number of carbonyl (C=O) groups is 2. The maximum Gasteiger partial charge on any atom is 0.308 e. The van der Waals surface area contributed by atoms with Crippen molar-refractivity contribution in [1.29, 1.82) is 0 Å². The van der Waals surface area contributed by atoms with E-state index in [1.54, 1.807) is 0 Å². The summed E-state index contributed by atoms with van der Waals surface area (Å²) in [6.45, 7) is 25.7. The summed E-state index contributed by atoms with van der Waals surface area (Å²) < 4.78 is 11.0. The summed E-state index contributed by atoms with van der Waals surface area (Å²) in [6.07, 6.45) is 1.98. The van der Waals surface area contributed by atoms with Crippen LogP contribution in [-0.4, -0.2) is 41.8 Å². The highest BCUT2D eigenvalue weighted by Gasteiger charge is 2.28. The molecular formula is C38H58O6. The molecule has 2 N–H and O–H groups in total. The molecule has 0 amide bonds. The van der Waals surface area contributed by atoms with Gasteiger partial charge in [-0.1, -0.05) is 107 Å². The second-order valence-electron chi connectivity index (χ2n) is 16.2. The molecule has 0 aromatic heterocycles. The topological polar surface area (TPSA) is 93.1 Å². The minimum atomic E-state index is -0.334. The van der Waals surface area contributed by atoms with Crippen LogP contribution in [0.15, 0.2) is 24.3 Å². The maximum atomic E-state index is 12.6. The van der Waals surface area contributed by atoms with Crippen LogP contribution in [0.25, 0.3) is 0 Å². The van der Waals surface area contributed by atoms with Crippen LogP contribution in [0.4, 0.5) is 0 Å². The van der Waals surface area contributed by atoms with Crippen LogP contribution in [0.5, 0.6) is 11.5 Å². The fourth-order valence-corrected chi connectivity index (χ4v) is 5.17. The van der Waals surface area contributed by atoms with Gasteiger partial charge < -0.3 is 19.7 Å². The molecule has 2 aromatic carbocycles. The standard InChI is InChI=1S/C38H58O6/c1-35(2,3)28-21-25(22-29(33(28)41)36(4,5)6)13-14-27(39)16-18-43-19-17-32(40)44-20-15-26-23-30(37(7,8)9)34(42)31(24-26)38(10,11)12/h21-24,41-42H,13-20H2,1-12H3. The van der Waals surface area contributed by atoms with E-state index >= 15 is 0 Å². The van der Waals surface area contributed by atoms with Crippen LogP contribution < -0.4 is 0 Å². The minimum Gasteiger partial charge on any atom is -0.507 e. The van der Waals surface area contributed by atoms with E-state index in [9.17, 15) is 19.8 Å². The van der Waals surface area contributed by atoms with E-state index < -0.39 is 0 Å². The van der Waals surface area contributed by atoms with E-state index in [1.165, 1.54) is 0 Å². The highest BCUT2D eigenvalue weighted by molar-refractivity contribution is 5.78. The Kier molecular flexibility index (Phi) is 12.3. The highest BCUT2D eigenvalue weighted by Crippen LogP contribution is 2.41. The van der Waals surface area contributed by atoms with Gasteiger partial charge >= 0.3 is 5.97 Å². The third-order valence-corrected chi connectivity index (χ3v) is 7.89. The lowest BCUT2D eigenvalue weighted by atomic mass is 9.78. The number of esters is 1. The molecule has 6 heteroatoms. The molecular weight excluding hydrogens is 552 g/mol. The first-order chi connectivity index (χ1) is 20.0. The third-order valence-electron chi connectivity index (χ3n) is 7.89. The Labute approximate surface area is 266 Å². The molecule has 246 valence electrons. The number of Topliss-reactive ketones (excluding diaryl/α,β-unsaturated/α-hetero) is 1. The molecule has 0 radical (unpaired) electrons. The number of hydrogen-bond acceptors (Lipinski definition) is 6. The first-order valence-electron chi connectivity index (χ1n) is 16.0. The molecule has 0 bridgehead atoms. The van der Waals surface area contributed by atoms with E-state index in [1.807, 2.05) is 24.3 Å². The van der Waals surface area contributed by atoms with Crippen molar-refractivity contribution in [2.75, 3.05) is 19.8 Å². The average molecular weight is 611 g/mol. The zero-order valence-electron chi connectivity index (χ0n) is 29.5. The first-order valence-corrected chi connectivity index (χ1v) is 16.0. The van der Waals surface area contributed by atoms with E-state index in [4.69, 9.17) is 9.47 Å². The van der Waals surface area contributed by atoms with Gasteiger partial charge in [-0.05, 0) is 61.5 Å². The van der Waals surface area contributed by atoms with Crippen LogP contribution in [0.2, 0.25) is 0 Å². The van der Waals surface area contributed by atoms with Gasteiger partial charge in [-0.25, -0.2) is 0 Å². The molecule has 0 heterocycles. The second-order valence-corrected chi connectivity index (χ2v) is 16.2. The molecule has 0 saturated carbocycles. The van der Waals surface area contributed by atoms with Gasteiger partial charge in [-0.3, -0.25) is 9.59 Å². The number of phenols is 2. The lowest BCUT2D eigenvalue weighted by Crippen LogP contribution is -2.18. The summed E-state index contributed by atoms with van der Waals surface area (Å²) in [7, 11) is 0. The normalized spacial score (nSPS) is 12.8. The Morgan fingerprint density at radius 3 is 1.30 bits per heavy atom. The number of ketones is 1. The van der Waals surface area contributed by atoms with E-state index in [0.29, 0.717) is 37.2 Å². The second kappa shape index (κ2) is 14.5. The molecule has 0 saturated heterocycles. The third kappa shape index (κ3) is 10.9. The van der Waals surface area contributed by atoms with Gasteiger partial charge in [0.05, 0.1) is 26.2 Å². The zero-order valence-corrected chi connectivity index (χ0v) is 29.5. The van der Waals surface area contributed by atoms with Crippen molar-refractivity contribution in [1.82, 2.24) is 0 Å². The Morgan fingerprint density at radius 1 is 0.545 bits per heavy atom. The Bertz CT molecular complexity index is 1220. The zero-order chi connectivity index (χ0) is 33.7. The van der Waals surface area contributed by atoms with Gasteiger partial charge in [0.25, 0.3) is 0 Å². The summed E-state index contributed by atoms with van der Waals surface area (Å²) in [4.78, 5) is 24.9. The number of carbonyl (C=O) groups excluding carboxylic acids is 2. The number of phenolic OH excluding ortho intramolecular Hbond substituents is 2. The molecule has 0 aliphatic rings. The summed E-state index contributed by atoms with van der Waals surface area (Å²) in [5, 5.41) is 21.8. The molecule has 0 unspecified atom stereocenters. The van der Waals surface area contributed by atoms with Gasteiger partial charge in [0.15, 0.2) is 0 Å². The highest BCUT2D eigenvalue weighted by atomic mass is 16.5. The van der Waals surface area contributed by atoms with Crippen molar-refractivity contribution in [3.8, 4) is 11.5 Å². The molecule has 0 spiro atoms. The van der Waals surface area contributed by atoms with Gasteiger partial charge in [-0.2, -0.15) is 0 Å². The van der Waals surface area contributed by atoms with Crippen molar-refractivity contribution < 1.29 is 29.3 Å². The first kappa shape index (κ1) is 37.3. The number of aromatic hydroxyl groups is 2. The van der Waals surface area contributed by atoms with E-state index in [0.717, 1.165) is 33.4 Å². The van der Waals surface area contributed by atoms with Crippen molar-refractivity contribution in [2.45, 2.75) is 137 Å². The summed E-state index contributed by atoms with van der Waals surface area (Å²) in [5.41, 5.74) is 4.79. The molecule has 2 rings (SSSR count). The SMILES string of the molecule is CC(C)(C)c1cc(CCOC(=O)CCOCCC(=O)CCc2cc(C(C)(C)C)c(O)c(C(C)(C)C)c2)cc(C(C)(C)C)c1O. The fourth-order valence-electron chi connectivity index (χ4n) is 5.17. The van der Waals surface area contributed by atoms with Gasteiger partial charge in [-0.15, -0.1) is 0 Å². The van der Waals surface area contributed by atoms with Crippen LogP contribution >= 0.6 is 0 Å². The van der Waals surface area contributed by atoms with E-state index in [-0.39, 0.29) is 59.7 Å². The van der Waals surface area contributed by atoms with Crippen molar-refractivity contribution in [3.05, 3.63) is 57.6 Å². The molecule has 44 heavy (non-hydrogen) atoms. The van der Waals surface area contributed by atoms with Crippen LogP contribution in [-0.2, 0) is 53.6 Å². The Balaban J connectivity index is 1.80. The predicted octanol–water partition coefficient (Wildman–Crippen LogP) is 8.37. The van der Waals surface area contributed by atoms with Crippen LogP contribution in [0.3, 0.4) is 0 Å². The molecule has 0 aliphatic heterocycles. The van der Waals surface area contributed by atoms with Crippen LogP contribution in [0, 0.1) is 0 Å². The number of hydrogen-bond donors (Lipinski definition) is 2. The smallest absolute Gasteiger partial charge is 0.308 e. The van der Waals surface area contributed by atoms with Crippen molar-refractivity contribution >= 4 is 11.8 Å². The Morgan fingerprint density at radius 2 is 0.909 bits per heavy atom. The number of ether oxygens (including phenoxy) is 2. The summed E-state index contributed by atoms with van der Waals surface area (Å²) in [5.74, 6) is 0.454. The maximum absolute atomic E-state index is 12.6. The van der Waals surface area contributed by atoms with Gasteiger partial charge in [0, 0.05) is 19.3 Å². The number of benzene rings is 2. The average Bonchev–Trinajstić information content (AvgIpc) is 2.85. The number of rotatable bonds is 12. The lowest BCUT2D eigenvalue weighted by Gasteiger charge is -2.28.